The Morgan fingerprint density at radius 3 is 2.85 bits per heavy atom. The molecule has 1 heterocycles. The topological polar surface area (TPSA) is 72.7 Å². The highest BCUT2D eigenvalue weighted by atomic mass is 16.2. The molecule has 0 aliphatic heterocycles. The quantitative estimate of drug-likeness (QED) is 0.688. The highest BCUT2D eigenvalue weighted by Crippen LogP contribution is 2.08. The third-order valence-electron chi connectivity index (χ3n) is 1.65. The Balaban J connectivity index is 2.76. The van der Waals surface area contributed by atoms with Crippen molar-refractivity contribution in [1.29, 1.82) is 0 Å². The second-order valence-electron chi connectivity index (χ2n) is 3.02. The average Bonchev–Trinajstić information content (AvgIpc) is 2.52. The molecule has 1 aromatic heterocycles. The Morgan fingerprint density at radius 1 is 1.62 bits per heavy atom. The van der Waals surface area contributed by atoms with Crippen LogP contribution in [-0.4, -0.2) is 33.2 Å². The van der Waals surface area contributed by atoms with Gasteiger partial charge in [-0.15, -0.1) is 5.10 Å². The van der Waals surface area contributed by atoms with Crippen LogP contribution < -0.4 is 5.32 Å². The molecule has 6 nitrogen and oxygen atoms in total. The summed E-state index contributed by atoms with van der Waals surface area (Å²) in [4.78, 5) is 11.0. The van der Waals surface area contributed by atoms with Crippen molar-refractivity contribution in [3.8, 4) is 0 Å². The maximum atomic E-state index is 11.0. The van der Waals surface area contributed by atoms with Crippen LogP contribution in [0.25, 0.3) is 0 Å². The van der Waals surface area contributed by atoms with Crippen LogP contribution in [0.15, 0.2) is 0 Å². The minimum Gasteiger partial charge on any atom is -0.358 e. The summed E-state index contributed by atoms with van der Waals surface area (Å²) < 4.78 is 1.50. The van der Waals surface area contributed by atoms with E-state index >= 15 is 0 Å². The maximum Gasteiger partial charge on any atom is 0.241 e. The largest absolute Gasteiger partial charge is 0.358 e. The van der Waals surface area contributed by atoms with E-state index < -0.39 is 0 Å². The zero-order valence-corrected chi connectivity index (χ0v) is 7.98. The number of nitrogens with zero attached hydrogens (tertiary/aromatic N) is 4. The summed E-state index contributed by atoms with van der Waals surface area (Å²) in [6.07, 6.45) is 0. The summed E-state index contributed by atoms with van der Waals surface area (Å²) in [5.74, 6) is 0.845. The lowest BCUT2D eigenvalue weighted by molar-refractivity contribution is -0.121. The molecule has 0 aromatic carbocycles. The van der Waals surface area contributed by atoms with Gasteiger partial charge in [-0.2, -0.15) is 0 Å². The second kappa shape index (κ2) is 3.97. The van der Waals surface area contributed by atoms with Crippen LogP contribution in [-0.2, 0) is 11.3 Å². The monoisotopic (exact) mass is 183 g/mol. The van der Waals surface area contributed by atoms with Crippen molar-refractivity contribution in [2.45, 2.75) is 26.3 Å². The molecule has 0 aliphatic carbocycles. The fourth-order valence-electron chi connectivity index (χ4n) is 0.953. The highest BCUT2D eigenvalue weighted by Gasteiger charge is 2.11. The van der Waals surface area contributed by atoms with Crippen LogP contribution in [0.4, 0.5) is 0 Å². The first kappa shape index (κ1) is 9.63. The first-order valence-corrected chi connectivity index (χ1v) is 4.11. The van der Waals surface area contributed by atoms with Gasteiger partial charge in [0.05, 0.1) is 0 Å². The third kappa shape index (κ3) is 2.24. The van der Waals surface area contributed by atoms with E-state index in [2.05, 4.69) is 20.8 Å². The second-order valence-corrected chi connectivity index (χ2v) is 3.02. The van der Waals surface area contributed by atoms with E-state index in [-0.39, 0.29) is 18.4 Å². The maximum absolute atomic E-state index is 11.0. The molecular formula is C7H13N5O. The van der Waals surface area contributed by atoms with E-state index in [1.54, 1.807) is 7.05 Å². The van der Waals surface area contributed by atoms with Crippen LogP contribution in [0, 0.1) is 0 Å². The first-order valence-electron chi connectivity index (χ1n) is 4.11. The molecule has 6 heteroatoms. The van der Waals surface area contributed by atoms with Gasteiger partial charge in [-0.3, -0.25) is 4.79 Å². The number of carbonyl (C=O) groups excluding carboxylic acids is 1. The molecule has 0 saturated heterocycles. The molecular weight excluding hydrogens is 170 g/mol. The summed E-state index contributed by atoms with van der Waals surface area (Å²) in [5, 5.41) is 13.6. The van der Waals surface area contributed by atoms with Crippen molar-refractivity contribution in [2.75, 3.05) is 7.05 Å². The third-order valence-corrected chi connectivity index (χ3v) is 1.65. The molecule has 0 fully saturated rings. The molecule has 1 rings (SSSR count). The average molecular weight is 183 g/mol. The highest BCUT2D eigenvalue weighted by molar-refractivity contribution is 5.75. The normalized spacial score (nSPS) is 10.5. The van der Waals surface area contributed by atoms with Gasteiger partial charge >= 0.3 is 0 Å². The van der Waals surface area contributed by atoms with Crippen molar-refractivity contribution < 1.29 is 4.79 Å². The first-order chi connectivity index (χ1) is 6.15. The SMILES string of the molecule is CNC(=O)Cn1nnnc1C(C)C. The van der Waals surface area contributed by atoms with Crippen LogP contribution in [0.5, 0.6) is 0 Å². The molecule has 0 bridgehead atoms. The van der Waals surface area contributed by atoms with Crippen molar-refractivity contribution in [2.24, 2.45) is 0 Å². The number of aromatic nitrogens is 4. The van der Waals surface area contributed by atoms with Gasteiger partial charge in [0.1, 0.15) is 6.54 Å². The number of likely N-dealkylation sites (N-methyl/N-ethyl adjacent to an activating group) is 1. The van der Waals surface area contributed by atoms with Gasteiger partial charge in [0.15, 0.2) is 5.82 Å². The van der Waals surface area contributed by atoms with Gasteiger partial charge in [0, 0.05) is 13.0 Å². The predicted molar refractivity (Wildman–Crippen MR) is 46.0 cm³/mol. The van der Waals surface area contributed by atoms with Crippen molar-refractivity contribution in [3.05, 3.63) is 5.82 Å². The van der Waals surface area contributed by atoms with Gasteiger partial charge in [0.25, 0.3) is 0 Å². The number of amides is 1. The Kier molecular flexibility index (Phi) is 2.94. The van der Waals surface area contributed by atoms with Crippen LogP contribution >= 0.6 is 0 Å². The summed E-state index contributed by atoms with van der Waals surface area (Å²) in [6.45, 7) is 4.13. The summed E-state index contributed by atoms with van der Waals surface area (Å²) in [6, 6.07) is 0. The van der Waals surface area contributed by atoms with Gasteiger partial charge in [-0.05, 0) is 10.4 Å². The van der Waals surface area contributed by atoms with E-state index in [0.717, 1.165) is 5.82 Å². The standard InChI is InChI=1S/C7H13N5O/c1-5(2)7-9-10-11-12(7)4-6(13)8-3/h5H,4H2,1-3H3,(H,8,13). The fourth-order valence-corrected chi connectivity index (χ4v) is 0.953. The fraction of sp³-hybridized carbons (Fsp3) is 0.714. The smallest absolute Gasteiger partial charge is 0.241 e. The molecule has 0 atom stereocenters. The van der Waals surface area contributed by atoms with Crippen LogP contribution in [0.1, 0.15) is 25.6 Å². The van der Waals surface area contributed by atoms with E-state index in [4.69, 9.17) is 0 Å². The number of tetrazole rings is 1. The van der Waals surface area contributed by atoms with Crippen molar-refractivity contribution in [1.82, 2.24) is 25.5 Å². The zero-order valence-electron chi connectivity index (χ0n) is 7.98. The number of hydrogen-bond donors (Lipinski definition) is 1. The molecule has 72 valence electrons. The number of nitrogens with one attached hydrogen (secondary N) is 1. The molecule has 1 aromatic rings. The Morgan fingerprint density at radius 2 is 2.31 bits per heavy atom. The lowest BCUT2D eigenvalue weighted by Crippen LogP contribution is -2.25. The minimum absolute atomic E-state index is 0.103. The number of carbonyl (C=O) groups is 1. The van der Waals surface area contributed by atoms with Crippen LogP contribution in [0.3, 0.4) is 0 Å². The predicted octanol–water partition coefficient (Wildman–Crippen LogP) is -0.458. The molecule has 0 unspecified atom stereocenters. The number of rotatable bonds is 3. The lowest BCUT2D eigenvalue weighted by atomic mass is 10.2. The van der Waals surface area contributed by atoms with E-state index in [1.165, 1.54) is 4.68 Å². The number of hydrogen-bond acceptors (Lipinski definition) is 4. The Labute approximate surface area is 76.3 Å². The summed E-state index contributed by atoms with van der Waals surface area (Å²) in [7, 11) is 1.59. The molecule has 1 N–H and O–H groups in total. The molecule has 0 spiro atoms. The van der Waals surface area contributed by atoms with Gasteiger partial charge in [0.2, 0.25) is 5.91 Å². The van der Waals surface area contributed by atoms with Crippen molar-refractivity contribution in [3.63, 3.8) is 0 Å². The lowest BCUT2D eigenvalue weighted by Gasteiger charge is -2.04. The van der Waals surface area contributed by atoms with Crippen LogP contribution in [0.2, 0.25) is 0 Å². The molecule has 0 saturated carbocycles. The summed E-state index contributed by atoms with van der Waals surface area (Å²) >= 11 is 0. The van der Waals surface area contributed by atoms with E-state index in [9.17, 15) is 4.79 Å². The van der Waals surface area contributed by atoms with E-state index in [1.807, 2.05) is 13.8 Å². The molecule has 13 heavy (non-hydrogen) atoms. The van der Waals surface area contributed by atoms with Gasteiger partial charge < -0.3 is 5.32 Å². The summed E-state index contributed by atoms with van der Waals surface area (Å²) in [5.41, 5.74) is 0. The molecule has 1 amide bonds. The Hall–Kier alpha value is -1.46. The zero-order chi connectivity index (χ0) is 9.84. The minimum atomic E-state index is -0.103. The molecule has 0 radical (unpaired) electrons. The van der Waals surface area contributed by atoms with E-state index in [0.29, 0.717) is 0 Å². The van der Waals surface area contributed by atoms with Crippen molar-refractivity contribution >= 4 is 5.91 Å². The molecule has 0 aliphatic rings. The Bertz CT molecular complexity index is 293. The van der Waals surface area contributed by atoms with Gasteiger partial charge in [-0.25, -0.2) is 4.68 Å². The van der Waals surface area contributed by atoms with Gasteiger partial charge in [-0.1, -0.05) is 13.8 Å².